The number of nitrogens with zero attached hydrogens (tertiary/aromatic N) is 1. The molecule has 2 aromatic carbocycles. The van der Waals surface area contributed by atoms with Gasteiger partial charge in [0, 0.05) is 35.5 Å². The number of hydrogen-bond donors (Lipinski definition) is 3. The summed E-state index contributed by atoms with van der Waals surface area (Å²) < 4.78 is 6.74. The van der Waals surface area contributed by atoms with Crippen LogP contribution >= 0.6 is 0 Å². The third-order valence-electron chi connectivity index (χ3n) is 10.7. The van der Waals surface area contributed by atoms with Gasteiger partial charge in [-0.15, -0.1) is 0 Å². The number of aliphatic hydroxyl groups is 1. The highest BCUT2D eigenvalue weighted by Gasteiger charge is 2.72. The van der Waals surface area contributed by atoms with Crippen molar-refractivity contribution in [3.05, 3.63) is 57.8 Å². The summed E-state index contributed by atoms with van der Waals surface area (Å²) in [5.74, 6) is 1.62. The maximum atomic E-state index is 13.0. The number of ether oxygens (including phenoxy) is 1. The molecule has 1 spiro atoms. The zero-order valence-corrected chi connectivity index (χ0v) is 20.1. The molecule has 3 aromatic rings. The van der Waals surface area contributed by atoms with Gasteiger partial charge in [0.25, 0.3) is 0 Å². The predicted molar refractivity (Wildman–Crippen MR) is 133 cm³/mol. The molecule has 3 heterocycles. The Morgan fingerprint density at radius 1 is 1.06 bits per heavy atom. The summed E-state index contributed by atoms with van der Waals surface area (Å²) >= 11 is 0. The van der Waals surface area contributed by atoms with Crippen molar-refractivity contribution in [1.29, 1.82) is 0 Å². The molecule has 4 unspecified atom stereocenters. The van der Waals surface area contributed by atoms with Gasteiger partial charge in [-0.3, -0.25) is 4.90 Å². The van der Waals surface area contributed by atoms with Gasteiger partial charge in [0.05, 0.1) is 16.7 Å². The van der Waals surface area contributed by atoms with E-state index in [1.54, 1.807) is 6.07 Å². The molecule has 6 aliphatic rings. The number of aromatic amines is 1. The van der Waals surface area contributed by atoms with Gasteiger partial charge in [-0.05, 0) is 92.1 Å². The lowest BCUT2D eigenvalue weighted by Gasteiger charge is -2.62. The standard InChI is InChI=1S/C30H32N2O3/c33-22-10-8-18-13-23-30(34)14-21-20-9-7-17-3-1-2-4-19(17)25(20)31-26(21)28-29(30,24(18)27(22)35-28)11-12-32(23)15-16-5-6-16/h7-10,16,23,28,31,33-34H,1-6,11-15H2. The summed E-state index contributed by atoms with van der Waals surface area (Å²) in [6.07, 6.45) is 9.51. The maximum Gasteiger partial charge on any atom is 0.166 e. The zero-order chi connectivity index (χ0) is 23.1. The van der Waals surface area contributed by atoms with E-state index < -0.39 is 11.0 Å². The highest BCUT2D eigenvalue weighted by atomic mass is 16.5. The Labute approximate surface area is 205 Å². The number of piperidine rings is 1. The molecule has 9 rings (SSSR count). The number of aromatic nitrogens is 1. The number of fused-ring (bicyclic) bond motifs is 6. The van der Waals surface area contributed by atoms with Crippen LogP contribution in [0.15, 0.2) is 24.3 Å². The van der Waals surface area contributed by atoms with Crippen LogP contribution in [0.3, 0.4) is 0 Å². The fourth-order valence-corrected chi connectivity index (χ4v) is 8.93. The molecule has 2 bridgehead atoms. The Bertz CT molecular complexity index is 1440. The first-order valence-electron chi connectivity index (χ1n) is 13.7. The normalized spacial score (nSPS) is 34.3. The minimum absolute atomic E-state index is 0.0849. The van der Waals surface area contributed by atoms with Crippen LogP contribution in [-0.2, 0) is 31.1 Å². The number of H-pyrrole nitrogens is 1. The van der Waals surface area contributed by atoms with Crippen LogP contribution < -0.4 is 4.74 Å². The van der Waals surface area contributed by atoms with Crippen LogP contribution in [0, 0.1) is 5.92 Å². The smallest absolute Gasteiger partial charge is 0.166 e. The van der Waals surface area contributed by atoms with Crippen LogP contribution in [0.1, 0.15) is 71.7 Å². The maximum absolute atomic E-state index is 13.0. The minimum atomic E-state index is -0.908. The van der Waals surface area contributed by atoms with Crippen LogP contribution in [0.4, 0.5) is 0 Å². The van der Waals surface area contributed by atoms with Crippen LogP contribution in [0.2, 0.25) is 0 Å². The van der Waals surface area contributed by atoms with E-state index in [0.717, 1.165) is 55.9 Å². The molecular formula is C30H32N2O3. The Balaban J connectivity index is 1.32. The number of aryl methyl sites for hydroxylation is 2. The lowest BCUT2D eigenvalue weighted by atomic mass is 9.49. The number of rotatable bonds is 2. The Hall–Kier alpha value is -2.50. The third kappa shape index (κ3) is 2.20. The van der Waals surface area contributed by atoms with Crippen molar-refractivity contribution in [2.24, 2.45) is 5.92 Å². The lowest BCUT2D eigenvalue weighted by Crippen LogP contribution is -2.74. The van der Waals surface area contributed by atoms with E-state index in [4.69, 9.17) is 4.74 Å². The van der Waals surface area contributed by atoms with Gasteiger partial charge < -0.3 is 19.9 Å². The molecule has 0 amide bonds. The molecule has 4 aliphatic carbocycles. The van der Waals surface area contributed by atoms with Gasteiger partial charge in [-0.25, -0.2) is 0 Å². The van der Waals surface area contributed by atoms with Crippen LogP contribution in [0.25, 0.3) is 10.9 Å². The van der Waals surface area contributed by atoms with Gasteiger partial charge in [0.15, 0.2) is 17.6 Å². The summed E-state index contributed by atoms with van der Waals surface area (Å²) in [4.78, 5) is 6.48. The summed E-state index contributed by atoms with van der Waals surface area (Å²) in [6, 6.07) is 8.60. The summed E-state index contributed by atoms with van der Waals surface area (Å²) in [5.41, 5.74) is 7.52. The van der Waals surface area contributed by atoms with Crippen LogP contribution in [0.5, 0.6) is 11.5 Å². The van der Waals surface area contributed by atoms with E-state index in [-0.39, 0.29) is 17.9 Å². The molecule has 5 heteroatoms. The van der Waals surface area contributed by atoms with Crippen LogP contribution in [-0.4, -0.2) is 44.8 Å². The second-order valence-electron chi connectivity index (χ2n) is 12.3. The zero-order valence-electron chi connectivity index (χ0n) is 20.1. The third-order valence-corrected chi connectivity index (χ3v) is 10.7. The van der Waals surface area contributed by atoms with E-state index in [1.165, 1.54) is 58.8 Å². The number of nitrogens with one attached hydrogen (secondary N) is 1. The van der Waals surface area contributed by atoms with Crippen molar-refractivity contribution in [2.75, 3.05) is 13.1 Å². The average Bonchev–Trinajstić information content (AvgIpc) is 3.49. The SMILES string of the molecule is Oc1ccc2c3c1OC1c4[nH]c5c6c(ccc5c4CC4(O)C(C2)N(CC2CC2)CCC314)CCCC6. The monoisotopic (exact) mass is 468 g/mol. The molecule has 2 aliphatic heterocycles. The van der Waals surface area contributed by atoms with Gasteiger partial charge in [-0.2, -0.15) is 0 Å². The average molecular weight is 469 g/mol. The van der Waals surface area contributed by atoms with E-state index in [1.807, 2.05) is 0 Å². The first-order chi connectivity index (χ1) is 17.1. The minimum Gasteiger partial charge on any atom is -0.504 e. The van der Waals surface area contributed by atoms with Gasteiger partial charge in [-0.1, -0.05) is 18.2 Å². The van der Waals surface area contributed by atoms with Crippen molar-refractivity contribution in [3.8, 4) is 11.5 Å². The van der Waals surface area contributed by atoms with E-state index in [0.29, 0.717) is 12.2 Å². The second kappa shape index (κ2) is 6.24. The highest BCUT2D eigenvalue weighted by molar-refractivity contribution is 5.90. The number of phenols is 1. The van der Waals surface area contributed by atoms with Crippen molar-refractivity contribution >= 4 is 10.9 Å². The van der Waals surface area contributed by atoms with E-state index in [2.05, 4.69) is 28.1 Å². The van der Waals surface area contributed by atoms with Gasteiger partial charge in [0.2, 0.25) is 0 Å². The molecule has 0 radical (unpaired) electrons. The second-order valence-corrected chi connectivity index (χ2v) is 12.3. The topological polar surface area (TPSA) is 68.7 Å². The van der Waals surface area contributed by atoms with Crippen molar-refractivity contribution in [1.82, 2.24) is 9.88 Å². The van der Waals surface area contributed by atoms with E-state index >= 15 is 0 Å². The molecule has 3 N–H and O–H groups in total. The number of likely N-dealkylation sites (tertiary alicyclic amines) is 1. The molecule has 5 nitrogen and oxygen atoms in total. The number of phenolic OH excluding ortho intramolecular Hbond substituents is 1. The first kappa shape index (κ1) is 19.7. The van der Waals surface area contributed by atoms with Crippen molar-refractivity contribution in [3.63, 3.8) is 0 Å². The molecule has 4 atom stereocenters. The molecule has 35 heavy (non-hydrogen) atoms. The molecule has 1 saturated carbocycles. The predicted octanol–water partition coefficient (Wildman–Crippen LogP) is 4.45. The fraction of sp³-hybridized carbons (Fsp3) is 0.533. The first-order valence-corrected chi connectivity index (χ1v) is 13.7. The Morgan fingerprint density at radius 2 is 1.91 bits per heavy atom. The molecular weight excluding hydrogens is 436 g/mol. The molecule has 1 saturated heterocycles. The van der Waals surface area contributed by atoms with E-state index in [9.17, 15) is 10.2 Å². The summed E-state index contributed by atoms with van der Waals surface area (Å²) in [5, 5.41) is 25.1. The molecule has 180 valence electrons. The summed E-state index contributed by atoms with van der Waals surface area (Å²) in [6.45, 7) is 2.09. The summed E-state index contributed by atoms with van der Waals surface area (Å²) in [7, 11) is 0. The number of aromatic hydroxyl groups is 1. The van der Waals surface area contributed by atoms with Gasteiger partial charge in [0.1, 0.15) is 0 Å². The van der Waals surface area contributed by atoms with Crippen molar-refractivity contribution < 1.29 is 14.9 Å². The largest absolute Gasteiger partial charge is 0.504 e. The van der Waals surface area contributed by atoms with Gasteiger partial charge >= 0.3 is 0 Å². The Morgan fingerprint density at radius 3 is 2.80 bits per heavy atom. The Kier molecular flexibility index (Phi) is 3.51. The lowest BCUT2D eigenvalue weighted by molar-refractivity contribution is -0.173. The number of benzene rings is 2. The molecule has 1 aromatic heterocycles. The quantitative estimate of drug-likeness (QED) is 0.520. The fourth-order valence-electron chi connectivity index (χ4n) is 8.93. The number of hydrogen-bond acceptors (Lipinski definition) is 4. The molecule has 2 fully saturated rings. The highest BCUT2D eigenvalue weighted by Crippen LogP contribution is 2.69. The van der Waals surface area contributed by atoms with Crippen molar-refractivity contribution in [2.45, 2.75) is 80.9 Å².